The second-order valence-electron chi connectivity index (χ2n) is 3.87. The molecule has 19 heavy (non-hydrogen) atoms. The highest BCUT2D eigenvalue weighted by molar-refractivity contribution is 14.1. The first-order valence-electron chi connectivity index (χ1n) is 5.75. The maximum Gasteiger partial charge on any atom is 0.173 e. The molecule has 2 rings (SSSR count). The minimum absolute atomic E-state index is 0.132. The molecule has 0 saturated carbocycles. The van der Waals surface area contributed by atoms with E-state index in [1.807, 2.05) is 48.5 Å². The summed E-state index contributed by atoms with van der Waals surface area (Å²) in [5, 5.41) is 0. The van der Waals surface area contributed by atoms with Gasteiger partial charge in [0, 0.05) is 14.0 Å². The molecule has 0 heterocycles. The van der Waals surface area contributed by atoms with Crippen LogP contribution in [0, 0.1) is 3.57 Å². The van der Waals surface area contributed by atoms with Crippen LogP contribution in [0.4, 0.5) is 0 Å². The SMILES string of the molecule is COc1ccccc1SCC(=O)c1ccc(I)cc1. The second kappa shape index (κ2) is 6.96. The van der Waals surface area contributed by atoms with E-state index in [4.69, 9.17) is 4.74 Å². The van der Waals surface area contributed by atoms with E-state index in [0.29, 0.717) is 5.75 Å². The molecule has 0 fully saturated rings. The van der Waals surface area contributed by atoms with Gasteiger partial charge in [-0.1, -0.05) is 24.3 Å². The quantitative estimate of drug-likeness (QED) is 0.438. The van der Waals surface area contributed by atoms with E-state index in [2.05, 4.69) is 22.6 Å². The monoisotopic (exact) mass is 384 g/mol. The lowest BCUT2D eigenvalue weighted by Crippen LogP contribution is -2.02. The number of ether oxygens (including phenoxy) is 1. The Morgan fingerprint density at radius 2 is 1.84 bits per heavy atom. The molecule has 4 heteroatoms. The maximum absolute atomic E-state index is 12.1. The number of carbonyl (C=O) groups excluding carboxylic acids is 1. The molecule has 2 aromatic carbocycles. The van der Waals surface area contributed by atoms with Crippen molar-refractivity contribution in [1.29, 1.82) is 0 Å². The lowest BCUT2D eigenvalue weighted by atomic mass is 10.2. The zero-order chi connectivity index (χ0) is 13.7. The molecule has 0 aliphatic carbocycles. The van der Waals surface area contributed by atoms with Crippen LogP contribution in [-0.4, -0.2) is 18.6 Å². The fourth-order valence-corrected chi connectivity index (χ4v) is 2.88. The van der Waals surface area contributed by atoms with Gasteiger partial charge >= 0.3 is 0 Å². The van der Waals surface area contributed by atoms with Crippen molar-refractivity contribution in [2.24, 2.45) is 0 Å². The highest BCUT2D eigenvalue weighted by atomic mass is 127. The summed E-state index contributed by atoms with van der Waals surface area (Å²) in [5.74, 6) is 1.36. The number of para-hydroxylation sites is 1. The largest absolute Gasteiger partial charge is 0.496 e. The molecule has 0 aromatic heterocycles. The standard InChI is InChI=1S/C15H13IO2S/c1-18-14-4-2-3-5-15(14)19-10-13(17)11-6-8-12(16)9-7-11/h2-9H,10H2,1H3. The topological polar surface area (TPSA) is 26.3 Å². The Kier molecular flexibility index (Phi) is 5.27. The first-order chi connectivity index (χ1) is 9.20. The van der Waals surface area contributed by atoms with Crippen molar-refractivity contribution in [2.75, 3.05) is 12.9 Å². The van der Waals surface area contributed by atoms with Crippen LogP contribution in [0.15, 0.2) is 53.4 Å². The fraction of sp³-hybridized carbons (Fsp3) is 0.133. The molecule has 0 aliphatic rings. The summed E-state index contributed by atoms with van der Waals surface area (Å²) < 4.78 is 6.40. The average molecular weight is 384 g/mol. The lowest BCUT2D eigenvalue weighted by Gasteiger charge is -2.07. The smallest absolute Gasteiger partial charge is 0.173 e. The van der Waals surface area contributed by atoms with Crippen LogP contribution < -0.4 is 4.74 Å². The Balaban J connectivity index is 2.02. The molecule has 2 aromatic rings. The van der Waals surface area contributed by atoms with Gasteiger partial charge in [-0.2, -0.15) is 0 Å². The Morgan fingerprint density at radius 3 is 2.53 bits per heavy atom. The third-order valence-electron chi connectivity index (χ3n) is 2.59. The molecule has 0 spiro atoms. The number of thioether (sulfide) groups is 1. The molecular weight excluding hydrogens is 371 g/mol. The van der Waals surface area contributed by atoms with Gasteiger partial charge in [0.15, 0.2) is 5.78 Å². The average Bonchev–Trinajstić information content (AvgIpc) is 2.45. The number of Topliss-reactive ketones (excluding diaryl/α,β-unsaturated/α-hetero) is 1. The Morgan fingerprint density at radius 1 is 1.16 bits per heavy atom. The predicted molar refractivity (Wildman–Crippen MR) is 87.2 cm³/mol. The van der Waals surface area contributed by atoms with Gasteiger partial charge in [-0.3, -0.25) is 4.79 Å². The molecule has 98 valence electrons. The van der Waals surface area contributed by atoms with Crippen molar-refractivity contribution in [3.05, 3.63) is 57.7 Å². The minimum atomic E-state index is 0.132. The van der Waals surface area contributed by atoms with Gasteiger partial charge in [0.25, 0.3) is 0 Å². The van der Waals surface area contributed by atoms with Gasteiger partial charge in [-0.05, 0) is 46.9 Å². The van der Waals surface area contributed by atoms with E-state index in [1.54, 1.807) is 7.11 Å². The third-order valence-corrected chi connectivity index (χ3v) is 4.37. The Bertz CT molecular complexity index is 567. The zero-order valence-electron chi connectivity index (χ0n) is 10.4. The highest BCUT2D eigenvalue weighted by Crippen LogP contribution is 2.29. The first-order valence-corrected chi connectivity index (χ1v) is 7.81. The summed E-state index contributed by atoms with van der Waals surface area (Å²) in [5.41, 5.74) is 0.753. The van der Waals surface area contributed by atoms with Gasteiger partial charge in [0.05, 0.1) is 12.9 Å². The summed E-state index contributed by atoms with van der Waals surface area (Å²) >= 11 is 3.73. The maximum atomic E-state index is 12.1. The minimum Gasteiger partial charge on any atom is -0.496 e. The summed E-state index contributed by atoms with van der Waals surface area (Å²) in [6.45, 7) is 0. The molecule has 0 unspecified atom stereocenters. The van der Waals surface area contributed by atoms with Crippen LogP contribution in [0.3, 0.4) is 0 Å². The number of methoxy groups -OCH3 is 1. The van der Waals surface area contributed by atoms with Gasteiger partial charge in [-0.15, -0.1) is 11.8 Å². The third kappa shape index (κ3) is 3.98. The van der Waals surface area contributed by atoms with Crippen LogP contribution in [0.25, 0.3) is 0 Å². The van der Waals surface area contributed by atoms with Gasteiger partial charge < -0.3 is 4.74 Å². The van der Waals surface area contributed by atoms with Crippen molar-refractivity contribution in [3.8, 4) is 5.75 Å². The summed E-state index contributed by atoms with van der Waals surface area (Å²) in [4.78, 5) is 13.1. The van der Waals surface area contributed by atoms with E-state index in [1.165, 1.54) is 11.8 Å². The van der Waals surface area contributed by atoms with Crippen LogP contribution in [0.2, 0.25) is 0 Å². The number of carbonyl (C=O) groups is 1. The summed E-state index contributed by atoms with van der Waals surface area (Å²) in [6, 6.07) is 15.4. The fourth-order valence-electron chi connectivity index (χ4n) is 1.60. The van der Waals surface area contributed by atoms with Crippen molar-refractivity contribution in [1.82, 2.24) is 0 Å². The van der Waals surface area contributed by atoms with Gasteiger partial charge in [0.2, 0.25) is 0 Å². The van der Waals surface area contributed by atoms with E-state index >= 15 is 0 Å². The number of rotatable bonds is 5. The van der Waals surface area contributed by atoms with Crippen molar-refractivity contribution < 1.29 is 9.53 Å². The number of halogens is 1. The molecule has 0 atom stereocenters. The molecule has 0 aliphatic heterocycles. The highest BCUT2D eigenvalue weighted by Gasteiger charge is 2.08. The van der Waals surface area contributed by atoms with E-state index in [-0.39, 0.29) is 5.78 Å². The number of hydrogen-bond acceptors (Lipinski definition) is 3. The van der Waals surface area contributed by atoms with Crippen LogP contribution >= 0.6 is 34.4 Å². The molecule has 0 N–H and O–H groups in total. The molecule has 0 amide bonds. The molecule has 0 radical (unpaired) electrons. The van der Waals surface area contributed by atoms with Gasteiger partial charge in [0.1, 0.15) is 5.75 Å². The second-order valence-corrected chi connectivity index (χ2v) is 6.13. The van der Waals surface area contributed by atoms with E-state index in [9.17, 15) is 4.79 Å². The normalized spacial score (nSPS) is 10.2. The van der Waals surface area contributed by atoms with Crippen LogP contribution in [0.5, 0.6) is 5.75 Å². The molecule has 0 bridgehead atoms. The first kappa shape index (κ1) is 14.4. The van der Waals surface area contributed by atoms with E-state index in [0.717, 1.165) is 19.8 Å². The molecule has 0 saturated heterocycles. The Labute approximate surface area is 130 Å². The van der Waals surface area contributed by atoms with Gasteiger partial charge in [-0.25, -0.2) is 0 Å². The van der Waals surface area contributed by atoms with Crippen molar-refractivity contribution >= 4 is 40.1 Å². The lowest BCUT2D eigenvalue weighted by molar-refractivity contribution is 0.102. The Hall–Kier alpha value is -1.01. The number of benzene rings is 2. The van der Waals surface area contributed by atoms with Crippen molar-refractivity contribution in [3.63, 3.8) is 0 Å². The molecular formula is C15H13IO2S. The number of hydrogen-bond donors (Lipinski definition) is 0. The number of ketones is 1. The zero-order valence-corrected chi connectivity index (χ0v) is 13.4. The molecule has 2 nitrogen and oxygen atoms in total. The van der Waals surface area contributed by atoms with Crippen LogP contribution in [0.1, 0.15) is 10.4 Å². The van der Waals surface area contributed by atoms with Crippen molar-refractivity contribution in [2.45, 2.75) is 4.90 Å². The summed E-state index contributed by atoms with van der Waals surface area (Å²) in [7, 11) is 1.64. The van der Waals surface area contributed by atoms with Crippen LogP contribution in [-0.2, 0) is 0 Å². The predicted octanol–water partition coefficient (Wildman–Crippen LogP) is 4.27. The summed E-state index contributed by atoms with van der Waals surface area (Å²) in [6.07, 6.45) is 0. The van der Waals surface area contributed by atoms with E-state index < -0.39 is 0 Å².